The molecular weight excluding hydrogens is 299 g/mol. The smallest absolute Gasteiger partial charge is 0.153 e. The van der Waals surface area contributed by atoms with Gasteiger partial charge in [-0.2, -0.15) is 0 Å². The summed E-state index contributed by atoms with van der Waals surface area (Å²) >= 11 is 11.6. The molecule has 0 saturated heterocycles. The minimum Gasteiger partial charge on any atom is -0.491 e. The first-order chi connectivity index (χ1) is 8.33. The molecule has 100 valence electrons. The molecule has 0 saturated carbocycles. The Labute approximate surface area is 116 Å². The van der Waals surface area contributed by atoms with Crippen molar-refractivity contribution in [2.75, 3.05) is 18.6 Å². The predicted molar refractivity (Wildman–Crippen MR) is 71.7 cm³/mol. The van der Waals surface area contributed by atoms with Gasteiger partial charge in [0.2, 0.25) is 0 Å². The van der Waals surface area contributed by atoms with Gasteiger partial charge < -0.3 is 4.74 Å². The van der Waals surface area contributed by atoms with Gasteiger partial charge in [-0.1, -0.05) is 23.2 Å². The summed E-state index contributed by atoms with van der Waals surface area (Å²) < 4.78 is 27.2. The topological polar surface area (TPSA) is 60.4 Å². The first-order valence-corrected chi connectivity index (χ1v) is 7.90. The Morgan fingerprint density at radius 1 is 1.33 bits per heavy atom. The second-order valence-electron chi connectivity index (χ2n) is 3.76. The highest BCUT2D eigenvalue weighted by molar-refractivity contribution is 7.90. The fourth-order valence-corrected chi connectivity index (χ4v) is 2.52. The van der Waals surface area contributed by atoms with Crippen LogP contribution >= 0.6 is 23.2 Å². The number of sulfone groups is 1. The lowest BCUT2D eigenvalue weighted by Crippen LogP contribution is -2.08. The summed E-state index contributed by atoms with van der Waals surface area (Å²) in [5, 5.41) is 0.564. The summed E-state index contributed by atoms with van der Waals surface area (Å²) in [6.45, 7) is 0.162. The Morgan fingerprint density at radius 3 is 2.56 bits per heavy atom. The van der Waals surface area contributed by atoms with Crippen LogP contribution in [0.4, 0.5) is 0 Å². The Hall–Kier alpha value is -0.780. The van der Waals surface area contributed by atoms with Gasteiger partial charge in [-0.3, -0.25) is 4.79 Å². The van der Waals surface area contributed by atoms with Crippen molar-refractivity contribution in [3.8, 4) is 5.75 Å². The van der Waals surface area contributed by atoms with E-state index in [1.54, 1.807) is 0 Å². The van der Waals surface area contributed by atoms with Gasteiger partial charge in [-0.15, -0.1) is 0 Å². The molecule has 0 aliphatic rings. The largest absolute Gasteiger partial charge is 0.491 e. The Bertz CT molecular complexity index is 540. The van der Waals surface area contributed by atoms with Gasteiger partial charge in [0, 0.05) is 11.3 Å². The summed E-state index contributed by atoms with van der Waals surface area (Å²) in [6.07, 6.45) is 2.07. The van der Waals surface area contributed by atoms with Crippen molar-refractivity contribution in [3.05, 3.63) is 27.7 Å². The van der Waals surface area contributed by atoms with Crippen LogP contribution in [0.5, 0.6) is 5.75 Å². The Kier molecular flexibility index (Phi) is 5.44. The second kappa shape index (κ2) is 6.41. The van der Waals surface area contributed by atoms with E-state index in [9.17, 15) is 13.2 Å². The maximum absolute atomic E-state index is 10.9. The maximum Gasteiger partial charge on any atom is 0.153 e. The molecular formula is C11H12Cl2O4S. The fraction of sp³-hybridized carbons (Fsp3) is 0.364. The van der Waals surface area contributed by atoms with Crippen molar-refractivity contribution in [1.29, 1.82) is 0 Å². The molecule has 0 aliphatic heterocycles. The first kappa shape index (κ1) is 15.3. The van der Waals surface area contributed by atoms with E-state index in [0.717, 1.165) is 6.26 Å². The monoisotopic (exact) mass is 310 g/mol. The van der Waals surface area contributed by atoms with E-state index in [4.69, 9.17) is 27.9 Å². The molecule has 0 aliphatic carbocycles. The molecule has 7 heteroatoms. The molecule has 1 aromatic rings. The lowest BCUT2D eigenvalue weighted by atomic mass is 10.2. The molecule has 0 N–H and O–H groups in total. The minimum atomic E-state index is -3.01. The third kappa shape index (κ3) is 4.84. The summed E-state index contributed by atoms with van der Waals surface area (Å²) in [4.78, 5) is 10.8. The standard InChI is InChI=1S/C11H12Cl2O4S/c1-18(15,16)4-2-3-17-11-8(7-14)5-9(12)6-10(11)13/h5-7H,2-4H2,1H3. The number of carbonyl (C=O) groups excluding carboxylic acids is 1. The van der Waals surface area contributed by atoms with Crippen molar-refractivity contribution in [3.63, 3.8) is 0 Å². The molecule has 18 heavy (non-hydrogen) atoms. The van der Waals surface area contributed by atoms with Crippen LogP contribution in [-0.4, -0.2) is 33.3 Å². The van der Waals surface area contributed by atoms with Gasteiger partial charge >= 0.3 is 0 Å². The molecule has 0 unspecified atom stereocenters. The number of benzene rings is 1. The molecule has 0 aromatic heterocycles. The van der Waals surface area contributed by atoms with Crippen molar-refractivity contribution >= 4 is 39.3 Å². The lowest BCUT2D eigenvalue weighted by Gasteiger charge is -2.10. The van der Waals surface area contributed by atoms with Crippen LogP contribution in [0, 0.1) is 0 Å². The van der Waals surface area contributed by atoms with Crippen molar-refractivity contribution in [2.45, 2.75) is 6.42 Å². The predicted octanol–water partition coefficient (Wildman–Crippen LogP) is 2.62. The van der Waals surface area contributed by atoms with Gasteiger partial charge in [0.1, 0.15) is 15.6 Å². The Balaban J connectivity index is 2.70. The third-order valence-corrected chi connectivity index (χ3v) is 3.60. The van der Waals surface area contributed by atoms with E-state index in [1.165, 1.54) is 12.1 Å². The van der Waals surface area contributed by atoms with E-state index in [0.29, 0.717) is 17.7 Å². The zero-order valence-corrected chi connectivity index (χ0v) is 12.0. The van der Waals surface area contributed by atoms with E-state index >= 15 is 0 Å². The fourth-order valence-electron chi connectivity index (χ4n) is 1.32. The second-order valence-corrected chi connectivity index (χ2v) is 6.86. The number of carbonyl (C=O) groups is 1. The number of ether oxygens (including phenoxy) is 1. The summed E-state index contributed by atoms with van der Waals surface area (Å²) in [7, 11) is -3.01. The molecule has 0 spiro atoms. The van der Waals surface area contributed by atoms with Crippen LogP contribution in [0.2, 0.25) is 10.0 Å². The van der Waals surface area contributed by atoms with E-state index in [1.807, 2.05) is 0 Å². The van der Waals surface area contributed by atoms with Crippen molar-refractivity contribution in [2.24, 2.45) is 0 Å². The summed E-state index contributed by atoms with van der Waals surface area (Å²) in [5.74, 6) is 0.249. The van der Waals surface area contributed by atoms with Crippen molar-refractivity contribution < 1.29 is 17.9 Å². The molecule has 0 bridgehead atoms. The van der Waals surface area contributed by atoms with Crippen molar-refractivity contribution in [1.82, 2.24) is 0 Å². The van der Waals surface area contributed by atoms with Crippen LogP contribution in [0.15, 0.2) is 12.1 Å². The highest BCUT2D eigenvalue weighted by Gasteiger charge is 2.10. The lowest BCUT2D eigenvalue weighted by molar-refractivity contribution is 0.111. The molecule has 4 nitrogen and oxygen atoms in total. The normalized spacial score (nSPS) is 11.3. The SMILES string of the molecule is CS(=O)(=O)CCCOc1c(Cl)cc(Cl)cc1C=O. The molecule has 0 amide bonds. The van der Waals surface area contributed by atoms with Gasteiger partial charge in [0.25, 0.3) is 0 Å². The molecule has 1 rings (SSSR count). The van der Waals surface area contributed by atoms with E-state index in [-0.39, 0.29) is 28.7 Å². The zero-order valence-electron chi connectivity index (χ0n) is 9.65. The average molecular weight is 311 g/mol. The first-order valence-electron chi connectivity index (χ1n) is 5.08. The molecule has 0 fully saturated rings. The highest BCUT2D eigenvalue weighted by atomic mass is 35.5. The zero-order chi connectivity index (χ0) is 13.8. The summed E-state index contributed by atoms with van der Waals surface area (Å²) in [6, 6.07) is 2.90. The van der Waals surface area contributed by atoms with Crippen LogP contribution in [-0.2, 0) is 9.84 Å². The maximum atomic E-state index is 10.9. The van der Waals surface area contributed by atoms with Gasteiger partial charge in [0.05, 0.1) is 22.9 Å². The van der Waals surface area contributed by atoms with Crippen LogP contribution in [0.25, 0.3) is 0 Å². The van der Waals surface area contributed by atoms with Crippen LogP contribution < -0.4 is 4.74 Å². The van der Waals surface area contributed by atoms with Gasteiger partial charge in [0.15, 0.2) is 6.29 Å². The molecule has 0 radical (unpaired) electrons. The van der Waals surface area contributed by atoms with Crippen LogP contribution in [0.3, 0.4) is 0 Å². The van der Waals surface area contributed by atoms with E-state index < -0.39 is 9.84 Å². The molecule has 1 aromatic carbocycles. The Morgan fingerprint density at radius 2 is 2.00 bits per heavy atom. The third-order valence-electron chi connectivity index (χ3n) is 2.07. The number of hydrogen-bond donors (Lipinski definition) is 0. The quantitative estimate of drug-likeness (QED) is 0.598. The number of rotatable bonds is 6. The molecule has 0 atom stereocenters. The number of hydrogen-bond acceptors (Lipinski definition) is 4. The number of aldehydes is 1. The highest BCUT2D eigenvalue weighted by Crippen LogP contribution is 2.31. The number of halogens is 2. The minimum absolute atomic E-state index is 0.0225. The average Bonchev–Trinajstić information content (AvgIpc) is 2.24. The van der Waals surface area contributed by atoms with Crippen LogP contribution in [0.1, 0.15) is 16.8 Å². The summed E-state index contributed by atoms with van der Waals surface area (Å²) in [5.41, 5.74) is 0.242. The van der Waals surface area contributed by atoms with Gasteiger partial charge in [-0.05, 0) is 18.6 Å². The molecule has 0 heterocycles. The van der Waals surface area contributed by atoms with Gasteiger partial charge in [-0.25, -0.2) is 8.42 Å². The van der Waals surface area contributed by atoms with E-state index in [2.05, 4.69) is 0 Å².